The van der Waals surface area contributed by atoms with Crippen molar-refractivity contribution in [2.45, 2.75) is 71.4 Å². The molecule has 0 amide bonds. The minimum atomic E-state index is 0.0532. The molecule has 19 heavy (non-hydrogen) atoms. The molecule has 2 N–H and O–H groups in total. The van der Waals surface area contributed by atoms with Crippen LogP contribution in [-0.4, -0.2) is 12.6 Å². The summed E-state index contributed by atoms with van der Waals surface area (Å²) >= 11 is 1.76. The molecule has 0 bridgehead atoms. The summed E-state index contributed by atoms with van der Waals surface area (Å²) in [7, 11) is 0. The highest BCUT2D eigenvalue weighted by Gasteiger charge is 2.19. The van der Waals surface area contributed by atoms with E-state index >= 15 is 0 Å². The van der Waals surface area contributed by atoms with Gasteiger partial charge in [-0.2, -0.15) is 0 Å². The van der Waals surface area contributed by atoms with Gasteiger partial charge in [0.2, 0.25) is 0 Å². The normalized spacial score (nSPS) is 14.5. The van der Waals surface area contributed by atoms with Crippen molar-refractivity contribution in [2.75, 3.05) is 6.61 Å². The van der Waals surface area contributed by atoms with Gasteiger partial charge < -0.3 is 10.5 Å². The summed E-state index contributed by atoms with van der Waals surface area (Å²) < 4.78 is 6.02. The highest BCUT2D eigenvalue weighted by Crippen LogP contribution is 2.29. The van der Waals surface area contributed by atoms with Gasteiger partial charge in [0.1, 0.15) is 6.10 Å². The van der Waals surface area contributed by atoms with Gasteiger partial charge in [0.05, 0.1) is 0 Å². The summed E-state index contributed by atoms with van der Waals surface area (Å²) in [5.74, 6) is 0. The molecule has 110 valence electrons. The summed E-state index contributed by atoms with van der Waals surface area (Å²) in [5.41, 5.74) is 7.36. The van der Waals surface area contributed by atoms with Gasteiger partial charge in [0.15, 0.2) is 0 Å². The predicted molar refractivity (Wildman–Crippen MR) is 84.8 cm³/mol. The van der Waals surface area contributed by atoms with E-state index in [1.165, 1.54) is 42.5 Å². The number of aryl methyl sites for hydroxylation is 1. The fraction of sp³-hybridized carbons (Fsp3) is 0.750. The predicted octanol–water partition coefficient (Wildman–Crippen LogP) is 4.82. The number of ether oxygens (including phenoxy) is 1. The van der Waals surface area contributed by atoms with Crippen molar-refractivity contribution >= 4 is 11.3 Å². The quantitative estimate of drug-likeness (QED) is 0.625. The highest BCUT2D eigenvalue weighted by atomic mass is 32.1. The lowest BCUT2D eigenvalue weighted by molar-refractivity contribution is 0.0378. The standard InChI is InChI=1S/C16H29NOS/c1-4-5-6-7-8-9-11-18-15(14(3)17)16-13(2)10-12-19-16/h10,12,14-15H,4-9,11,17H2,1-3H3. The van der Waals surface area contributed by atoms with Gasteiger partial charge in [-0.25, -0.2) is 0 Å². The first-order valence-electron chi connectivity index (χ1n) is 7.58. The van der Waals surface area contributed by atoms with Crippen LogP contribution in [0, 0.1) is 6.92 Å². The third-order valence-electron chi connectivity index (χ3n) is 3.43. The first-order valence-corrected chi connectivity index (χ1v) is 8.46. The molecule has 1 rings (SSSR count). The maximum absolute atomic E-state index is 6.06. The van der Waals surface area contributed by atoms with Gasteiger partial charge in [-0.3, -0.25) is 0 Å². The Balaban J connectivity index is 2.26. The van der Waals surface area contributed by atoms with Crippen molar-refractivity contribution in [1.82, 2.24) is 0 Å². The van der Waals surface area contributed by atoms with Crippen LogP contribution in [0.3, 0.4) is 0 Å². The van der Waals surface area contributed by atoms with Gasteiger partial charge >= 0.3 is 0 Å². The lowest BCUT2D eigenvalue weighted by Gasteiger charge is -2.21. The van der Waals surface area contributed by atoms with Gasteiger partial charge in [0, 0.05) is 17.5 Å². The summed E-state index contributed by atoms with van der Waals surface area (Å²) in [6, 6.07) is 2.20. The third kappa shape index (κ3) is 6.07. The van der Waals surface area contributed by atoms with Crippen molar-refractivity contribution < 1.29 is 4.74 Å². The molecule has 1 aromatic rings. The second-order valence-electron chi connectivity index (χ2n) is 5.39. The molecule has 1 aromatic heterocycles. The second kappa shape index (κ2) is 9.51. The van der Waals surface area contributed by atoms with Crippen molar-refractivity contribution in [3.8, 4) is 0 Å². The van der Waals surface area contributed by atoms with E-state index in [4.69, 9.17) is 10.5 Å². The molecule has 2 atom stereocenters. The van der Waals surface area contributed by atoms with E-state index in [1.807, 2.05) is 6.92 Å². The Morgan fingerprint density at radius 1 is 1.21 bits per heavy atom. The molecular formula is C16H29NOS. The van der Waals surface area contributed by atoms with Crippen LogP contribution in [0.25, 0.3) is 0 Å². The second-order valence-corrected chi connectivity index (χ2v) is 6.33. The van der Waals surface area contributed by atoms with Gasteiger partial charge in [-0.05, 0) is 37.3 Å². The minimum absolute atomic E-state index is 0.0532. The zero-order valence-electron chi connectivity index (χ0n) is 12.7. The number of hydrogen-bond acceptors (Lipinski definition) is 3. The minimum Gasteiger partial charge on any atom is -0.371 e. The molecule has 3 heteroatoms. The zero-order valence-corrected chi connectivity index (χ0v) is 13.5. The molecule has 0 radical (unpaired) electrons. The Bertz CT molecular complexity index is 335. The smallest absolute Gasteiger partial charge is 0.107 e. The molecule has 0 fully saturated rings. The summed E-state index contributed by atoms with van der Waals surface area (Å²) in [4.78, 5) is 1.29. The maximum Gasteiger partial charge on any atom is 0.107 e. The first kappa shape index (κ1) is 16.7. The fourth-order valence-corrected chi connectivity index (χ4v) is 3.32. The summed E-state index contributed by atoms with van der Waals surface area (Å²) in [5, 5.41) is 2.12. The molecule has 2 unspecified atom stereocenters. The van der Waals surface area contributed by atoms with Crippen LogP contribution in [0.5, 0.6) is 0 Å². The maximum atomic E-state index is 6.06. The number of unbranched alkanes of at least 4 members (excludes halogenated alkanes) is 5. The Morgan fingerprint density at radius 2 is 1.89 bits per heavy atom. The molecule has 0 aliphatic rings. The summed E-state index contributed by atoms with van der Waals surface area (Å²) in [6.45, 7) is 7.25. The Labute approximate surface area is 122 Å². The lowest BCUT2D eigenvalue weighted by atomic mass is 10.1. The van der Waals surface area contributed by atoms with Crippen LogP contribution in [0.2, 0.25) is 0 Å². The number of thiophene rings is 1. The van der Waals surface area contributed by atoms with Crippen molar-refractivity contribution in [3.05, 3.63) is 21.9 Å². The number of hydrogen-bond donors (Lipinski definition) is 1. The highest BCUT2D eigenvalue weighted by molar-refractivity contribution is 7.10. The van der Waals surface area contributed by atoms with Crippen LogP contribution >= 0.6 is 11.3 Å². The van der Waals surface area contributed by atoms with E-state index in [2.05, 4.69) is 25.3 Å². The molecule has 0 aromatic carbocycles. The van der Waals surface area contributed by atoms with E-state index in [-0.39, 0.29) is 12.1 Å². The third-order valence-corrected chi connectivity index (χ3v) is 4.51. The molecular weight excluding hydrogens is 254 g/mol. The van der Waals surface area contributed by atoms with Crippen LogP contribution in [-0.2, 0) is 4.74 Å². The van der Waals surface area contributed by atoms with Crippen molar-refractivity contribution in [2.24, 2.45) is 5.73 Å². The first-order chi connectivity index (χ1) is 9.16. The summed E-state index contributed by atoms with van der Waals surface area (Å²) in [6.07, 6.45) is 7.84. The molecule has 0 saturated carbocycles. The number of rotatable bonds is 10. The van der Waals surface area contributed by atoms with Crippen LogP contribution in [0.4, 0.5) is 0 Å². The van der Waals surface area contributed by atoms with Crippen molar-refractivity contribution in [3.63, 3.8) is 0 Å². The Morgan fingerprint density at radius 3 is 2.47 bits per heavy atom. The van der Waals surface area contributed by atoms with Crippen molar-refractivity contribution in [1.29, 1.82) is 0 Å². The monoisotopic (exact) mass is 283 g/mol. The molecule has 0 aliphatic heterocycles. The van der Waals surface area contributed by atoms with E-state index < -0.39 is 0 Å². The van der Waals surface area contributed by atoms with Crippen LogP contribution < -0.4 is 5.73 Å². The Hall–Kier alpha value is -0.380. The zero-order chi connectivity index (χ0) is 14.1. The van der Waals surface area contributed by atoms with E-state index in [0.717, 1.165) is 13.0 Å². The van der Waals surface area contributed by atoms with Crippen LogP contribution in [0.15, 0.2) is 11.4 Å². The molecule has 0 spiro atoms. The molecule has 2 nitrogen and oxygen atoms in total. The topological polar surface area (TPSA) is 35.2 Å². The van der Waals surface area contributed by atoms with Gasteiger partial charge in [-0.15, -0.1) is 11.3 Å². The largest absolute Gasteiger partial charge is 0.371 e. The number of nitrogens with two attached hydrogens (primary N) is 1. The van der Waals surface area contributed by atoms with E-state index in [1.54, 1.807) is 11.3 Å². The molecule has 0 aliphatic carbocycles. The van der Waals surface area contributed by atoms with Gasteiger partial charge in [-0.1, -0.05) is 39.0 Å². The lowest BCUT2D eigenvalue weighted by Crippen LogP contribution is -2.27. The average molecular weight is 283 g/mol. The van der Waals surface area contributed by atoms with Crippen LogP contribution in [0.1, 0.15) is 68.9 Å². The van der Waals surface area contributed by atoms with E-state index in [0.29, 0.717) is 0 Å². The average Bonchev–Trinajstić information content (AvgIpc) is 2.78. The fourth-order valence-electron chi connectivity index (χ4n) is 2.23. The van der Waals surface area contributed by atoms with E-state index in [9.17, 15) is 0 Å². The van der Waals surface area contributed by atoms with Gasteiger partial charge in [0.25, 0.3) is 0 Å². The molecule has 0 saturated heterocycles. The molecule has 1 heterocycles. The SMILES string of the molecule is CCCCCCCCOC(c1sccc1C)C(C)N. The Kier molecular flexibility index (Phi) is 8.35.